The number of hydrogen-bond donors (Lipinski definition) is 0. The molecule has 1 amide bonds. The quantitative estimate of drug-likeness (QED) is 0.423. The van der Waals surface area contributed by atoms with Crippen molar-refractivity contribution in [2.45, 2.75) is 0 Å². The van der Waals surface area contributed by atoms with Gasteiger partial charge in [-0.25, -0.2) is 9.67 Å². The molecule has 0 atom stereocenters. The van der Waals surface area contributed by atoms with Crippen molar-refractivity contribution in [2.24, 2.45) is 0 Å². The summed E-state index contributed by atoms with van der Waals surface area (Å²) in [6.07, 6.45) is 0. The second kappa shape index (κ2) is 9.78. The minimum atomic E-state index is -0.268. The summed E-state index contributed by atoms with van der Waals surface area (Å²) >= 11 is 0. The van der Waals surface area contributed by atoms with Gasteiger partial charge >= 0.3 is 0 Å². The van der Waals surface area contributed by atoms with E-state index in [2.05, 4.69) is 10.1 Å². The van der Waals surface area contributed by atoms with Crippen LogP contribution in [0.5, 0.6) is 11.5 Å². The number of amides is 1. The van der Waals surface area contributed by atoms with Gasteiger partial charge in [0.15, 0.2) is 5.82 Å². The molecule has 0 fully saturated rings. The van der Waals surface area contributed by atoms with E-state index < -0.39 is 0 Å². The number of para-hydroxylation sites is 1. The van der Waals surface area contributed by atoms with E-state index >= 15 is 0 Å². The average molecular weight is 428 g/mol. The van der Waals surface area contributed by atoms with Gasteiger partial charge in [0.1, 0.15) is 18.1 Å². The van der Waals surface area contributed by atoms with Crippen LogP contribution in [0.25, 0.3) is 17.1 Å². The number of aromatic nitrogens is 3. The molecule has 0 saturated heterocycles. The molecule has 7 heteroatoms. The number of hydrogen-bond acceptors (Lipinski definition) is 5. The summed E-state index contributed by atoms with van der Waals surface area (Å²) in [5, 5.41) is 4.52. The van der Waals surface area contributed by atoms with Crippen LogP contribution in [0.15, 0.2) is 84.9 Å². The molecule has 0 spiro atoms. The Kier molecular flexibility index (Phi) is 6.46. The highest BCUT2D eigenvalue weighted by molar-refractivity contribution is 5.90. The molecule has 0 saturated carbocycles. The van der Waals surface area contributed by atoms with Gasteiger partial charge in [0.2, 0.25) is 5.82 Å². The molecule has 0 N–H and O–H groups in total. The summed E-state index contributed by atoms with van der Waals surface area (Å²) in [6.45, 7) is 0.741. The molecule has 4 rings (SSSR count). The first-order chi connectivity index (χ1) is 15.7. The molecule has 4 aromatic rings. The third-order valence-corrected chi connectivity index (χ3v) is 4.93. The molecule has 3 aromatic carbocycles. The molecule has 162 valence electrons. The van der Waals surface area contributed by atoms with Gasteiger partial charge in [0.25, 0.3) is 5.91 Å². The summed E-state index contributed by atoms with van der Waals surface area (Å²) in [6, 6.07) is 26.7. The zero-order valence-corrected chi connectivity index (χ0v) is 18.0. The molecule has 32 heavy (non-hydrogen) atoms. The van der Waals surface area contributed by atoms with Gasteiger partial charge < -0.3 is 14.4 Å². The van der Waals surface area contributed by atoms with E-state index in [9.17, 15) is 4.79 Å². The van der Waals surface area contributed by atoms with Crippen LogP contribution in [0, 0.1) is 0 Å². The van der Waals surface area contributed by atoms with E-state index in [-0.39, 0.29) is 11.7 Å². The molecule has 0 aliphatic rings. The largest absolute Gasteiger partial charge is 0.497 e. The van der Waals surface area contributed by atoms with E-state index in [1.54, 1.807) is 23.7 Å². The highest BCUT2D eigenvalue weighted by atomic mass is 16.5. The number of carbonyl (C=O) groups is 1. The number of nitrogens with zero attached hydrogens (tertiary/aromatic N) is 4. The third-order valence-electron chi connectivity index (χ3n) is 4.93. The maximum Gasteiger partial charge on any atom is 0.293 e. The fourth-order valence-electron chi connectivity index (χ4n) is 3.17. The van der Waals surface area contributed by atoms with Gasteiger partial charge in [-0.15, -0.1) is 5.10 Å². The number of methoxy groups -OCH3 is 1. The number of benzene rings is 3. The van der Waals surface area contributed by atoms with E-state index in [0.29, 0.717) is 24.7 Å². The fraction of sp³-hybridized carbons (Fsp3) is 0.160. The SMILES string of the molecule is COc1ccc(OCCN(C)C(=O)c2nc(-c3ccccc3)n(-c3ccccc3)n2)cc1. The monoisotopic (exact) mass is 428 g/mol. The Hall–Kier alpha value is -4.13. The van der Waals surface area contributed by atoms with Gasteiger partial charge in [-0.2, -0.15) is 0 Å². The van der Waals surface area contributed by atoms with Crippen molar-refractivity contribution in [1.29, 1.82) is 0 Å². The Morgan fingerprint density at radius 3 is 2.19 bits per heavy atom. The number of rotatable bonds is 8. The molecule has 1 heterocycles. The van der Waals surface area contributed by atoms with Crippen molar-refractivity contribution in [1.82, 2.24) is 19.7 Å². The van der Waals surface area contributed by atoms with Gasteiger partial charge in [0, 0.05) is 12.6 Å². The van der Waals surface area contributed by atoms with Crippen LogP contribution in [0.3, 0.4) is 0 Å². The molecular formula is C25H24N4O3. The van der Waals surface area contributed by atoms with E-state index in [1.165, 1.54) is 0 Å². The molecule has 0 aliphatic heterocycles. The van der Waals surface area contributed by atoms with Crippen molar-refractivity contribution in [3.63, 3.8) is 0 Å². The Morgan fingerprint density at radius 1 is 0.906 bits per heavy atom. The predicted molar refractivity (Wildman–Crippen MR) is 122 cm³/mol. The number of carbonyl (C=O) groups excluding carboxylic acids is 1. The molecule has 0 unspecified atom stereocenters. The zero-order valence-electron chi connectivity index (χ0n) is 18.0. The Morgan fingerprint density at radius 2 is 1.53 bits per heavy atom. The summed E-state index contributed by atoms with van der Waals surface area (Å²) in [4.78, 5) is 19.1. The van der Waals surface area contributed by atoms with Crippen LogP contribution in [0.2, 0.25) is 0 Å². The van der Waals surface area contributed by atoms with Crippen molar-refractivity contribution in [2.75, 3.05) is 27.3 Å². The second-order valence-corrected chi connectivity index (χ2v) is 7.12. The lowest BCUT2D eigenvalue weighted by atomic mass is 10.2. The number of likely N-dealkylation sites (N-methyl/N-ethyl adjacent to an activating group) is 1. The zero-order chi connectivity index (χ0) is 22.3. The predicted octanol–water partition coefficient (Wildman–Crippen LogP) is 4.09. The third kappa shape index (κ3) is 4.78. The summed E-state index contributed by atoms with van der Waals surface area (Å²) in [7, 11) is 3.33. The lowest BCUT2D eigenvalue weighted by Crippen LogP contribution is -2.31. The molecule has 0 bridgehead atoms. The summed E-state index contributed by atoms with van der Waals surface area (Å²) < 4.78 is 12.6. The van der Waals surface area contributed by atoms with Crippen LogP contribution >= 0.6 is 0 Å². The van der Waals surface area contributed by atoms with Crippen LogP contribution in [-0.2, 0) is 0 Å². The van der Waals surface area contributed by atoms with Crippen molar-refractivity contribution in [3.8, 4) is 28.6 Å². The summed E-state index contributed by atoms with van der Waals surface area (Å²) in [5.41, 5.74) is 1.72. The second-order valence-electron chi connectivity index (χ2n) is 7.12. The van der Waals surface area contributed by atoms with Crippen LogP contribution in [0.1, 0.15) is 10.6 Å². The van der Waals surface area contributed by atoms with Crippen molar-refractivity contribution < 1.29 is 14.3 Å². The summed E-state index contributed by atoms with van der Waals surface area (Å²) in [5.74, 6) is 1.96. The van der Waals surface area contributed by atoms with Gasteiger partial charge in [0.05, 0.1) is 19.3 Å². The maximum absolute atomic E-state index is 13.0. The minimum Gasteiger partial charge on any atom is -0.497 e. The molecule has 0 radical (unpaired) electrons. The molecule has 1 aromatic heterocycles. The standard InChI is InChI=1S/C25H24N4O3/c1-28(17-18-32-22-15-13-21(31-2)14-16-22)25(30)23-26-24(19-9-5-3-6-10-19)29(27-23)20-11-7-4-8-12-20/h3-16H,17-18H2,1-2H3. The first kappa shape index (κ1) is 21.1. The first-order valence-electron chi connectivity index (χ1n) is 10.3. The Labute approximate surface area is 186 Å². The van der Waals surface area contributed by atoms with Crippen LogP contribution in [-0.4, -0.2) is 52.9 Å². The van der Waals surface area contributed by atoms with E-state index in [0.717, 1.165) is 17.0 Å². The van der Waals surface area contributed by atoms with Crippen molar-refractivity contribution in [3.05, 3.63) is 90.8 Å². The van der Waals surface area contributed by atoms with E-state index in [1.807, 2.05) is 84.9 Å². The molecule has 7 nitrogen and oxygen atoms in total. The Balaban J connectivity index is 1.49. The fourth-order valence-corrected chi connectivity index (χ4v) is 3.17. The highest BCUT2D eigenvalue weighted by Crippen LogP contribution is 2.21. The average Bonchev–Trinajstić information content (AvgIpc) is 3.30. The van der Waals surface area contributed by atoms with Crippen LogP contribution < -0.4 is 9.47 Å². The van der Waals surface area contributed by atoms with Gasteiger partial charge in [-0.3, -0.25) is 4.79 Å². The normalized spacial score (nSPS) is 10.6. The van der Waals surface area contributed by atoms with Gasteiger partial charge in [-0.05, 0) is 36.4 Å². The lowest BCUT2D eigenvalue weighted by Gasteiger charge is -2.15. The van der Waals surface area contributed by atoms with Gasteiger partial charge in [-0.1, -0.05) is 48.5 Å². The first-order valence-corrected chi connectivity index (χ1v) is 10.3. The minimum absolute atomic E-state index is 0.139. The highest BCUT2D eigenvalue weighted by Gasteiger charge is 2.21. The molecular weight excluding hydrogens is 404 g/mol. The lowest BCUT2D eigenvalue weighted by molar-refractivity contribution is 0.0762. The topological polar surface area (TPSA) is 69.5 Å². The molecule has 0 aliphatic carbocycles. The number of ether oxygens (including phenoxy) is 2. The van der Waals surface area contributed by atoms with E-state index in [4.69, 9.17) is 9.47 Å². The smallest absolute Gasteiger partial charge is 0.293 e. The van der Waals surface area contributed by atoms with Crippen molar-refractivity contribution >= 4 is 5.91 Å². The van der Waals surface area contributed by atoms with Crippen LogP contribution in [0.4, 0.5) is 0 Å². The Bertz CT molecular complexity index is 1100. The maximum atomic E-state index is 13.0.